The van der Waals surface area contributed by atoms with E-state index in [1.54, 1.807) is 6.20 Å². The minimum absolute atomic E-state index is 0.0334. The van der Waals surface area contributed by atoms with E-state index in [0.717, 1.165) is 31.5 Å². The topological polar surface area (TPSA) is 75.7 Å². The molecule has 1 aliphatic rings. The summed E-state index contributed by atoms with van der Waals surface area (Å²) < 4.78 is 0.160. The Labute approximate surface area is 172 Å². The summed E-state index contributed by atoms with van der Waals surface area (Å²) in [4.78, 5) is 15.7. The van der Waals surface area contributed by atoms with Gasteiger partial charge in [-0.1, -0.05) is 64.0 Å². The van der Waals surface area contributed by atoms with Gasteiger partial charge in [-0.05, 0) is 32.1 Å². The van der Waals surface area contributed by atoms with E-state index in [9.17, 15) is 9.90 Å². The van der Waals surface area contributed by atoms with Crippen molar-refractivity contribution in [1.82, 2.24) is 0 Å². The van der Waals surface area contributed by atoms with Gasteiger partial charge in [0.25, 0.3) is 0 Å². The van der Waals surface area contributed by atoms with Crippen LogP contribution in [0.2, 0.25) is 0 Å². The van der Waals surface area contributed by atoms with Crippen LogP contribution in [0.1, 0.15) is 97.3 Å². The molecule has 0 bridgehead atoms. The second-order valence-corrected chi connectivity index (χ2v) is 8.05. The fraction of sp³-hybridized carbons (Fsp3) is 0.739. The summed E-state index contributed by atoms with van der Waals surface area (Å²) in [5.41, 5.74) is 6.09. The number of carboxylic acids is 1. The standard InChI is InChI=1S/C23H41N3O2/c1-3-4-5-6-7-8-9-10-11-12-13-14-15-16-17-22-25-18-19-26(22,21(2)24)20-23(27)28/h11-12,18-19,21H,3-10,13-17,20,24H2,1-2H3/p+1/b12-11+. The van der Waals surface area contributed by atoms with Crippen LogP contribution in [0.3, 0.4) is 0 Å². The lowest BCUT2D eigenvalue weighted by molar-refractivity contribution is -0.805. The van der Waals surface area contributed by atoms with Crippen LogP contribution in [0.25, 0.3) is 0 Å². The third-order valence-corrected chi connectivity index (χ3v) is 5.57. The van der Waals surface area contributed by atoms with Gasteiger partial charge in [0.15, 0.2) is 6.54 Å². The first kappa shape index (κ1) is 24.6. The van der Waals surface area contributed by atoms with Gasteiger partial charge >= 0.3 is 5.97 Å². The van der Waals surface area contributed by atoms with Gasteiger partial charge in [0.05, 0.1) is 6.20 Å². The second-order valence-electron chi connectivity index (χ2n) is 8.05. The van der Waals surface area contributed by atoms with Crippen molar-refractivity contribution in [1.29, 1.82) is 0 Å². The number of nitrogens with two attached hydrogens (primary N) is 1. The number of carboxylic acid groups (broad SMARTS) is 1. The van der Waals surface area contributed by atoms with Gasteiger partial charge in [0.2, 0.25) is 5.84 Å². The first-order chi connectivity index (χ1) is 13.5. The molecule has 160 valence electrons. The first-order valence-electron chi connectivity index (χ1n) is 11.3. The molecule has 0 saturated carbocycles. The highest BCUT2D eigenvalue weighted by molar-refractivity contribution is 5.81. The fourth-order valence-corrected chi connectivity index (χ4v) is 3.76. The molecule has 0 saturated heterocycles. The zero-order valence-electron chi connectivity index (χ0n) is 18.1. The van der Waals surface area contributed by atoms with Gasteiger partial charge in [-0.3, -0.25) is 5.73 Å². The number of quaternary nitrogens is 1. The molecule has 0 aliphatic carbocycles. The van der Waals surface area contributed by atoms with E-state index in [4.69, 9.17) is 5.73 Å². The molecule has 3 N–H and O–H groups in total. The molecular formula is C23H42N3O2+. The molecule has 1 rings (SSSR count). The maximum Gasteiger partial charge on any atom is 0.360 e. The molecule has 1 aliphatic heterocycles. The van der Waals surface area contributed by atoms with Crippen molar-refractivity contribution in [2.24, 2.45) is 10.7 Å². The Balaban J connectivity index is 2.10. The van der Waals surface area contributed by atoms with Crippen molar-refractivity contribution in [3.05, 3.63) is 24.6 Å². The SMILES string of the molecule is CCCCCCCCC/C=C/CCCCCC1=NC=C[N+]1(CC(=O)O)C(C)N. The van der Waals surface area contributed by atoms with Gasteiger partial charge in [-0.2, -0.15) is 0 Å². The smallest absolute Gasteiger partial charge is 0.360 e. The normalized spacial score (nSPS) is 20.0. The summed E-state index contributed by atoms with van der Waals surface area (Å²) in [7, 11) is 0. The van der Waals surface area contributed by atoms with Crippen molar-refractivity contribution >= 4 is 11.8 Å². The predicted octanol–water partition coefficient (Wildman–Crippen LogP) is 5.72. The molecule has 0 radical (unpaired) electrons. The monoisotopic (exact) mass is 392 g/mol. The summed E-state index contributed by atoms with van der Waals surface area (Å²) in [5, 5.41) is 9.23. The van der Waals surface area contributed by atoms with E-state index < -0.39 is 5.97 Å². The van der Waals surface area contributed by atoms with E-state index in [1.807, 2.05) is 13.1 Å². The quantitative estimate of drug-likeness (QED) is 0.189. The number of aliphatic imine (C=N–C) groups is 1. The molecule has 0 aromatic rings. The summed E-state index contributed by atoms with van der Waals surface area (Å²) in [6.45, 7) is 4.08. The summed E-state index contributed by atoms with van der Waals surface area (Å²) in [5.74, 6) is 0.0366. The highest BCUT2D eigenvalue weighted by Gasteiger charge is 2.40. The van der Waals surface area contributed by atoms with Crippen LogP contribution in [0, 0.1) is 0 Å². The average molecular weight is 393 g/mol. The molecule has 5 nitrogen and oxygen atoms in total. The number of amidine groups is 1. The Morgan fingerprint density at radius 3 is 2.21 bits per heavy atom. The van der Waals surface area contributed by atoms with Crippen molar-refractivity contribution in [3.63, 3.8) is 0 Å². The maximum atomic E-state index is 11.2. The zero-order chi connectivity index (χ0) is 20.7. The van der Waals surface area contributed by atoms with Gasteiger partial charge < -0.3 is 5.11 Å². The minimum atomic E-state index is -0.845. The third kappa shape index (κ3) is 9.16. The van der Waals surface area contributed by atoms with Crippen molar-refractivity contribution < 1.29 is 14.4 Å². The summed E-state index contributed by atoms with van der Waals surface area (Å²) >= 11 is 0. The molecule has 0 amide bonds. The molecule has 28 heavy (non-hydrogen) atoms. The van der Waals surface area contributed by atoms with E-state index in [1.165, 1.54) is 57.8 Å². The lowest BCUT2D eigenvalue weighted by Gasteiger charge is -2.34. The Bertz CT molecular complexity index is 526. The molecule has 2 atom stereocenters. The maximum absolute atomic E-state index is 11.2. The van der Waals surface area contributed by atoms with Crippen molar-refractivity contribution in [2.75, 3.05) is 6.54 Å². The number of rotatable bonds is 17. The van der Waals surface area contributed by atoms with Gasteiger partial charge in [-0.15, -0.1) is 0 Å². The van der Waals surface area contributed by atoms with Crippen LogP contribution in [-0.2, 0) is 4.79 Å². The molecule has 0 fully saturated rings. The fourth-order valence-electron chi connectivity index (χ4n) is 3.76. The highest BCUT2D eigenvalue weighted by Crippen LogP contribution is 2.23. The number of hydrogen-bond donors (Lipinski definition) is 2. The molecule has 5 heteroatoms. The molecule has 0 spiro atoms. The average Bonchev–Trinajstić information content (AvgIpc) is 3.05. The van der Waals surface area contributed by atoms with E-state index in [0.29, 0.717) is 0 Å². The van der Waals surface area contributed by atoms with Gasteiger partial charge in [0, 0.05) is 13.3 Å². The Morgan fingerprint density at radius 1 is 1.07 bits per heavy atom. The first-order valence-corrected chi connectivity index (χ1v) is 11.3. The van der Waals surface area contributed by atoms with Crippen LogP contribution in [0.5, 0.6) is 0 Å². The molecule has 1 heterocycles. The van der Waals surface area contributed by atoms with E-state index >= 15 is 0 Å². The number of hydrogen-bond acceptors (Lipinski definition) is 3. The zero-order valence-corrected chi connectivity index (χ0v) is 18.1. The molecule has 2 unspecified atom stereocenters. The van der Waals surface area contributed by atoms with E-state index in [-0.39, 0.29) is 17.2 Å². The lowest BCUT2D eigenvalue weighted by Crippen LogP contribution is -2.59. The van der Waals surface area contributed by atoms with Crippen LogP contribution in [-0.4, -0.2) is 34.1 Å². The molecule has 0 aromatic carbocycles. The van der Waals surface area contributed by atoms with Gasteiger partial charge in [-0.25, -0.2) is 14.3 Å². The Morgan fingerprint density at radius 2 is 1.64 bits per heavy atom. The van der Waals surface area contributed by atoms with Crippen LogP contribution in [0.15, 0.2) is 29.5 Å². The van der Waals surface area contributed by atoms with Crippen molar-refractivity contribution in [3.8, 4) is 0 Å². The Hall–Kier alpha value is -1.46. The minimum Gasteiger partial charge on any atom is -0.477 e. The third-order valence-electron chi connectivity index (χ3n) is 5.57. The number of unbranched alkanes of at least 4 members (excludes halogenated alkanes) is 10. The highest BCUT2D eigenvalue weighted by atomic mass is 16.4. The van der Waals surface area contributed by atoms with Crippen LogP contribution in [0.4, 0.5) is 0 Å². The number of nitrogens with zero attached hydrogens (tertiary/aromatic N) is 2. The lowest BCUT2D eigenvalue weighted by atomic mass is 10.1. The Kier molecular flexibility index (Phi) is 12.8. The molecule has 0 aromatic heterocycles. The number of allylic oxidation sites excluding steroid dienone is 2. The van der Waals surface area contributed by atoms with Crippen LogP contribution < -0.4 is 5.73 Å². The molecular weight excluding hydrogens is 350 g/mol. The van der Waals surface area contributed by atoms with E-state index in [2.05, 4.69) is 24.1 Å². The van der Waals surface area contributed by atoms with Crippen LogP contribution >= 0.6 is 0 Å². The second kappa shape index (κ2) is 14.5. The van der Waals surface area contributed by atoms with Crippen molar-refractivity contribution in [2.45, 2.75) is 103 Å². The summed E-state index contributed by atoms with van der Waals surface area (Å²) in [6, 6.07) is 0. The predicted molar refractivity (Wildman–Crippen MR) is 118 cm³/mol. The van der Waals surface area contributed by atoms with Gasteiger partial charge in [0.1, 0.15) is 12.4 Å². The summed E-state index contributed by atoms with van der Waals surface area (Å²) in [6.07, 6.45) is 23.9. The number of carbonyl (C=O) groups is 1. The number of aliphatic carboxylic acids is 1. The largest absolute Gasteiger partial charge is 0.477 e.